The molecule has 0 radical (unpaired) electrons. The van der Waals surface area contributed by atoms with Gasteiger partial charge in [-0.1, -0.05) is 114 Å². The lowest BCUT2D eigenvalue weighted by molar-refractivity contribution is 0.920. The first-order chi connectivity index (χ1) is 21.4. The van der Waals surface area contributed by atoms with Crippen molar-refractivity contribution in [3.8, 4) is 33.9 Å². The molecule has 214 valence electrons. The molecule has 0 unspecified atom stereocenters. The zero-order valence-electron chi connectivity index (χ0n) is 25.0. The Morgan fingerprint density at radius 3 is 1.20 bits per heavy atom. The van der Waals surface area contributed by atoms with Crippen LogP contribution in [-0.4, -0.2) is 9.13 Å². The van der Waals surface area contributed by atoms with Gasteiger partial charge < -0.3 is 0 Å². The van der Waals surface area contributed by atoms with E-state index in [1.807, 2.05) is 130 Å². The largest absolute Gasteiger partial charge is 0.277 e. The normalized spacial score (nSPS) is 11.5. The smallest absolute Gasteiger partial charge is 0.260 e. The van der Waals surface area contributed by atoms with Gasteiger partial charge in [0.25, 0.3) is 11.1 Å². The molecular formula is C40H32N2O2. The summed E-state index contributed by atoms with van der Waals surface area (Å²) in [4.78, 5) is 29.6. The van der Waals surface area contributed by atoms with Crippen molar-refractivity contribution in [2.75, 3.05) is 0 Å². The van der Waals surface area contributed by atoms with Crippen molar-refractivity contribution in [1.29, 1.82) is 0 Å². The molecule has 0 saturated carbocycles. The number of rotatable bonds is 5. The van der Waals surface area contributed by atoms with Crippen LogP contribution < -0.4 is 11.1 Å². The van der Waals surface area contributed by atoms with Crippen LogP contribution in [0.5, 0.6) is 0 Å². The number of aryl methyl sites for hydroxylation is 3. The third-order valence-electron chi connectivity index (χ3n) is 8.53. The van der Waals surface area contributed by atoms with Crippen LogP contribution in [0.15, 0.2) is 143 Å². The van der Waals surface area contributed by atoms with Crippen molar-refractivity contribution >= 4 is 0 Å². The highest BCUT2D eigenvalue weighted by Crippen LogP contribution is 2.42. The SMILES string of the molecule is Cc1ccc(C(c2c3cccccc-3n(-c3ccc(C)cc3)c2=O)c2c3cccccc-3n(-c3ccc(C)cc3)c2=O)cc1. The summed E-state index contributed by atoms with van der Waals surface area (Å²) in [6.07, 6.45) is 0. The highest BCUT2D eigenvalue weighted by atomic mass is 16.1. The fourth-order valence-electron chi connectivity index (χ4n) is 6.31. The molecular weight excluding hydrogens is 540 g/mol. The van der Waals surface area contributed by atoms with E-state index in [0.29, 0.717) is 11.1 Å². The molecule has 44 heavy (non-hydrogen) atoms. The monoisotopic (exact) mass is 572 g/mol. The van der Waals surface area contributed by atoms with Crippen LogP contribution in [0.2, 0.25) is 0 Å². The van der Waals surface area contributed by atoms with Gasteiger partial charge in [0.05, 0.1) is 11.4 Å². The highest BCUT2D eigenvalue weighted by molar-refractivity contribution is 5.76. The van der Waals surface area contributed by atoms with Crippen LogP contribution in [0, 0.1) is 20.8 Å². The summed E-state index contributed by atoms with van der Waals surface area (Å²) in [6, 6.07) is 44.0. The molecule has 2 aliphatic carbocycles. The molecule has 4 aliphatic rings. The second-order valence-electron chi connectivity index (χ2n) is 11.5. The topological polar surface area (TPSA) is 44.0 Å². The molecule has 7 rings (SSSR count). The summed E-state index contributed by atoms with van der Waals surface area (Å²) >= 11 is 0. The summed E-state index contributed by atoms with van der Waals surface area (Å²) < 4.78 is 3.57. The summed E-state index contributed by atoms with van der Waals surface area (Å²) in [6.45, 7) is 6.12. The Hall–Kier alpha value is -5.48. The summed E-state index contributed by atoms with van der Waals surface area (Å²) in [7, 11) is 0. The van der Waals surface area contributed by atoms with Gasteiger partial charge in [0.15, 0.2) is 0 Å². The first-order valence-corrected chi connectivity index (χ1v) is 14.9. The third-order valence-corrected chi connectivity index (χ3v) is 8.53. The van der Waals surface area contributed by atoms with E-state index in [2.05, 4.69) is 24.3 Å². The Kier molecular flexibility index (Phi) is 6.83. The van der Waals surface area contributed by atoms with E-state index in [1.54, 1.807) is 9.13 Å². The van der Waals surface area contributed by atoms with E-state index < -0.39 is 5.92 Å². The Morgan fingerprint density at radius 1 is 0.432 bits per heavy atom. The van der Waals surface area contributed by atoms with Gasteiger partial charge in [-0.3, -0.25) is 18.7 Å². The van der Waals surface area contributed by atoms with E-state index in [4.69, 9.17) is 0 Å². The Bertz CT molecular complexity index is 2030. The summed E-state index contributed by atoms with van der Waals surface area (Å²) in [5.74, 6) is -0.608. The first-order valence-electron chi connectivity index (χ1n) is 14.9. The highest BCUT2D eigenvalue weighted by Gasteiger charge is 2.35. The Balaban J connectivity index is 1.60. The second kappa shape index (κ2) is 11.0. The third kappa shape index (κ3) is 4.56. The van der Waals surface area contributed by atoms with Crippen molar-refractivity contribution < 1.29 is 0 Å². The fourth-order valence-corrected chi connectivity index (χ4v) is 6.31. The average Bonchev–Trinajstić information content (AvgIpc) is 3.22. The number of hydrogen-bond donors (Lipinski definition) is 0. The molecule has 3 aromatic carbocycles. The number of hydrogen-bond acceptors (Lipinski definition) is 2. The predicted molar refractivity (Wildman–Crippen MR) is 179 cm³/mol. The van der Waals surface area contributed by atoms with E-state index in [9.17, 15) is 9.59 Å². The molecule has 0 aromatic heterocycles. The van der Waals surface area contributed by atoms with Crippen molar-refractivity contribution in [2.45, 2.75) is 26.7 Å². The number of nitrogens with zero attached hydrogens (tertiary/aromatic N) is 2. The van der Waals surface area contributed by atoms with Gasteiger partial charge in [0, 0.05) is 39.5 Å². The van der Waals surface area contributed by atoms with Gasteiger partial charge in [0.1, 0.15) is 0 Å². The molecule has 0 saturated heterocycles. The maximum Gasteiger partial charge on any atom is 0.260 e. The molecule has 0 bridgehead atoms. The summed E-state index contributed by atoms with van der Waals surface area (Å²) in [5, 5.41) is 0. The molecule has 2 heterocycles. The lowest BCUT2D eigenvalue weighted by atomic mass is 9.82. The van der Waals surface area contributed by atoms with Crippen LogP contribution in [0.3, 0.4) is 0 Å². The van der Waals surface area contributed by atoms with Crippen molar-refractivity contribution in [3.05, 3.63) is 188 Å². The number of aromatic nitrogens is 2. The molecule has 3 aromatic rings. The van der Waals surface area contributed by atoms with Crippen molar-refractivity contribution in [2.24, 2.45) is 0 Å². The van der Waals surface area contributed by atoms with Crippen LogP contribution in [0.4, 0.5) is 0 Å². The molecule has 4 nitrogen and oxygen atoms in total. The molecule has 2 aliphatic heterocycles. The van der Waals surface area contributed by atoms with Crippen LogP contribution in [0.25, 0.3) is 33.9 Å². The molecule has 0 spiro atoms. The van der Waals surface area contributed by atoms with Crippen LogP contribution >= 0.6 is 0 Å². The maximum absolute atomic E-state index is 14.8. The molecule has 4 heteroatoms. The summed E-state index contributed by atoms with van der Waals surface area (Å²) in [5.41, 5.74) is 10.0. The molecule has 0 atom stereocenters. The van der Waals surface area contributed by atoms with Gasteiger partial charge >= 0.3 is 0 Å². The second-order valence-corrected chi connectivity index (χ2v) is 11.5. The van der Waals surface area contributed by atoms with Gasteiger partial charge in [-0.2, -0.15) is 0 Å². The lowest BCUT2D eigenvalue weighted by Gasteiger charge is -2.17. The standard InChI is InChI=1S/C40H32N2O2/c1-26-14-20-29(21-15-26)36(37-32-10-6-4-8-12-34(32)41(39(37)43)30-22-16-27(2)17-23-30)38-33-11-7-5-9-13-35(33)42(40(38)44)31-24-18-28(3)19-25-31/h4-25,36H,1-3H3. The maximum atomic E-state index is 14.8. The van der Waals surface area contributed by atoms with Gasteiger partial charge in [-0.15, -0.1) is 0 Å². The van der Waals surface area contributed by atoms with Gasteiger partial charge in [-0.05, 0) is 62.7 Å². The molecule has 0 fully saturated rings. The first kappa shape index (κ1) is 27.4. The van der Waals surface area contributed by atoms with Crippen LogP contribution in [0.1, 0.15) is 39.3 Å². The lowest BCUT2D eigenvalue weighted by Crippen LogP contribution is -2.24. The quantitative estimate of drug-likeness (QED) is 0.208. The average molecular weight is 573 g/mol. The van der Waals surface area contributed by atoms with E-state index in [-0.39, 0.29) is 11.1 Å². The van der Waals surface area contributed by atoms with E-state index in [0.717, 1.165) is 56.1 Å². The van der Waals surface area contributed by atoms with Crippen LogP contribution in [-0.2, 0) is 0 Å². The van der Waals surface area contributed by atoms with Gasteiger partial charge in [-0.25, -0.2) is 0 Å². The molecule has 0 amide bonds. The van der Waals surface area contributed by atoms with E-state index >= 15 is 0 Å². The number of benzene rings is 3. The minimum absolute atomic E-state index is 0.128. The van der Waals surface area contributed by atoms with Gasteiger partial charge in [0.2, 0.25) is 0 Å². The van der Waals surface area contributed by atoms with Crippen molar-refractivity contribution in [1.82, 2.24) is 9.13 Å². The van der Waals surface area contributed by atoms with E-state index in [1.165, 1.54) is 0 Å². The zero-order chi connectivity index (χ0) is 30.4. The zero-order valence-corrected chi connectivity index (χ0v) is 25.0. The number of fused-ring (bicyclic) bond motifs is 2. The predicted octanol–water partition coefficient (Wildman–Crippen LogP) is 8.30. The molecule has 0 N–H and O–H groups in total. The Morgan fingerprint density at radius 2 is 0.795 bits per heavy atom. The van der Waals surface area contributed by atoms with Crippen molar-refractivity contribution in [3.63, 3.8) is 0 Å². The minimum atomic E-state index is -0.608. The fraction of sp³-hybridized carbons (Fsp3) is 0.100. The Labute approximate surface area is 256 Å². The minimum Gasteiger partial charge on any atom is -0.277 e.